The first-order valence-electron chi connectivity index (χ1n) is 12.3. The molecule has 0 spiro atoms. The first-order valence-corrected chi connectivity index (χ1v) is 16.3. The van der Waals surface area contributed by atoms with Gasteiger partial charge in [0.15, 0.2) is 0 Å². The van der Waals surface area contributed by atoms with Gasteiger partial charge in [0.25, 0.3) is 0 Å². The van der Waals surface area contributed by atoms with E-state index in [9.17, 15) is 9.59 Å². The van der Waals surface area contributed by atoms with E-state index >= 15 is 0 Å². The van der Waals surface area contributed by atoms with Crippen molar-refractivity contribution in [2.75, 3.05) is 0 Å². The summed E-state index contributed by atoms with van der Waals surface area (Å²) in [4.78, 5) is 21.8. The Morgan fingerprint density at radius 3 is 1.37 bits per heavy atom. The van der Waals surface area contributed by atoms with Crippen LogP contribution in [-0.2, 0) is 9.59 Å². The van der Waals surface area contributed by atoms with E-state index in [-0.39, 0.29) is 32.3 Å². The monoisotopic (exact) mass is 532 g/mol. The molecule has 30 heavy (non-hydrogen) atoms. The van der Waals surface area contributed by atoms with Crippen molar-refractivity contribution in [3.63, 3.8) is 0 Å². The van der Waals surface area contributed by atoms with E-state index in [1.807, 2.05) is 0 Å². The van der Waals surface area contributed by atoms with Crippen molar-refractivity contribution in [2.45, 2.75) is 133 Å². The second-order valence-electron chi connectivity index (χ2n) is 8.10. The number of aliphatic carboxylic acids is 2. The Kier molecular flexibility index (Phi) is 26.1. The molecule has 0 rings (SSSR count). The number of rotatable bonds is 19. The number of carbonyl (C=O) groups is 2. The first-order chi connectivity index (χ1) is 14.4. The zero-order chi connectivity index (χ0) is 23.0. The molecule has 0 bridgehead atoms. The maximum atomic E-state index is 11.0. The average Bonchev–Trinajstić information content (AvgIpc) is 2.71. The van der Waals surface area contributed by atoms with Gasteiger partial charge in [-0.1, -0.05) is 64.7 Å². The standard InChI is InChI=1S/C17H30O4.2C4H9.Sn/c1-3-4-5-6-7-8-9-10-11-12-13-15(17(20)21)14(2)16(18)19;2*1-3-4-2;/h3-13H2,1-2H3,(H,18,19)(H,20,21);2*1,3-4H2,2H3;/b15-14-;;;. The van der Waals surface area contributed by atoms with Gasteiger partial charge in [0.05, 0.1) is 0 Å². The molecular weight excluding hydrogens is 483 g/mol. The molecule has 0 fully saturated rings. The number of hydrogen-bond donors (Lipinski definition) is 2. The summed E-state index contributed by atoms with van der Waals surface area (Å²) in [5.41, 5.74) is 0.000453. The SMILES string of the molecule is CCCCCCCCCCCC/C(C(=O)O)=C(\C)C(=O)O.CCC[CH2][Sn][CH2]CCC. The summed E-state index contributed by atoms with van der Waals surface area (Å²) in [5, 5.41) is 17.9. The molecule has 0 aliphatic heterocycles. The summed E-state index contributed by atoms with van der Waals surface area (Å²) >= 11 is 0.149. The molecule has 4 nitrogen and oxygen atoms in total. The van der Waals surface area contributed by atoms with E-state index in [4.69, 9.17) is 10.2 Å². The van der Waals surface area contributed by atoms with Crippen LogP contribution in [-0.4, -0.2) is 43.3 Å². The predicted octanol–water partition coefficient (Wildman–Crippen LogP) is 7.91. The molecule has 0 aliphatic rings. The summed E-state index contributed by atoms with van der Waals surface area (Å²) < 4.78 is 3.25. The average molecular weight is 531 g/mol. The molecule has 0 unspecified atom stereocenters. The van der Waals surface area contributed by atoms with Crippen LogP contribution < -0.4 is 0 Å². The third kappa shape index (κ3) is 22.2. The van der Waals surface area contributed by atoms with Crippen molar-refractivity contribution in [1.29, 1.82) is 0 Å². The molecule has 0 aliphatic carbocycles. The quantitative estimate of drug-likeness (QED) is 0.101. The Labute approximate surface area is 196 Å². The molecule has 2 radical (unpaired) electrons. The Morgan fingerprint density at radius 2 is 1.00 bits per heavy atom. The second-order valence-corrected chi connectivity index (χ2v) is 12.4. The van der Waals surface area contributed by atoms with Gasteiger partial charge >= 0.3 is 81.5 Å². The molecule has 0 atom stereocenters. The third-order valence-electron chi connectivity index (χ3n) is 5.23. The van der Waals surface area contributed by atoms with Crippen molar-refractivity contribution in [2.24, 2.45) is 0 Å². The van der Waals surface area contributed by atoms with Gasteiger partial charge in [0, 0.05) is 11.1 Å². The van der Waals surface area contributed by atoms with Crippen molar-refractivity contribution < 1.29 is 19.8 Å². The van der Waals surface area contributed by atoms with Crippen LogP contribution in [0.25, 0.3) is 0 Å². The first kappa shape index (κ1) is 31.7. The van der Waals surface area contributed by atoms with Crippen LogP contribution in [0.5, 0.6) is 0 Å². The van der Waals surface area contributed by atoms with Gasteiger partial charge in [0.1, 0.15) is 0 Å². The molecule has 176 valence electrons. The third-order valence-corrected chi connectivity index (χ3v) is 9.26. The minimum atomic E-state index is -1.14. The minimum absolute atomic E-state index is 0.0431. The normalized spacial score (nSPS) is 11.5. The fourth-order valence-electron chi connectivity index (χ4n) is 3.10. The van der Waals surface area contributed by atoms with Gasteiger partial charge < -0.3 is 10.2 Å². The fraction of sp³-hybridized carbons (Fsp3) is 0.840. The zero-order valence-corrected chi connectivity index (χ0v) is 23.1. The van der Waals surface area contributed by atoms with E-state index in [1.165, 1.54) is 77.6 Å². The number of unbranched alkanes of at least 4 members (excludes halogenated alkanes) is 11. The molecule has 2 N–H and O–H groups in total. The predicted molar refractivity (Wildman–Crippen MR) is 130 cm³/mol. The molecule has 0 aromatic heterocycles. The van der Waals surface area contributed by atoms with Gasteiger partial charge in [-0.15, -0.1) is 0 Å². The van der Waals surface area contributed by atoms with Gasteiger partial charge in [-0.2, -0.15) is 0 Å². The van der Waals surface area contributed by atoms with Crippen LogP contribution in [0.1, 0.15) is 124 Å². The summed E-state index contributed by atoms with van der Waals surface area (Å²) in [5.74, 6) is -2.25. The van der Waals surface area contributed by atoms with Crippen LogP contribution in [0.4, 0.5) is 0 Å². The summed E-state index contributed by atoms with van der Waals surface area (Å²) in [6, 6.07) is 0. The van der Waals surface area contributed by atoms with Crippen LogP contribution in [0, 0.1) is 0 Å². The Bertz CT molecular complexity index is 440. The van der Waals surface area contributed by atoms with Crippen molar-refractivity contribution >= 4 is 33.1 Å². The van der Waals surface area contributed by atoms with Crippen molar-refractivity contribution in [3.05, 3.63) is 11.1 Å². The molecule has 5 heteroatoms. The molecule has 0 heterocycles. The van der Waals surface area contributed by atoms with Gasteiger partial charge in [0.2, 0.25) is 0 Å². The van der Waals surface area contributed by atoms with Crippen molar-refractivity contribution in [1.82, 2.24) is 0 Å². The van der Waals surface area contributed by atoms with Crippen molar-refractivity contribution in [3.8, 4) is 0 Å². The number of carboxylic acid groups (broad SMARTS) is 2. The molecule has 0 aromatic carbocycles. The van der Waals surface area contributed by atoms with E-state index in [0.29, 0.717) is 6.42 Å². The van der Waals surface area contributed by atoms with Crippen LogP contribution in [0.2, 0.25) is 8.87 Å². The maximum absolute atomic E-state index is 11.0. The Balaban J connectivity index is 0. The Morgan fingerprint density at radius 1 is 0.600 bits per heavy atom. The van der Waals surface area contributed by atoms with Crippen LogP contribution in [0.3, 0.4) is 0 Å². The Hall–Kier alpha value is -0.521. The molecule has 0 saturated carbocycles. The number of hydrogen-bond acceptors (Lipinski definition) is 2. The fourth-order valence-corrected chi connectivity index (χ4v) is 7.26. The van der Waals surface area contributed by atoms with Gasteiger partial charge in [-0.05, 0) is 19.8 Å². The summed E-state index contributed by atoms with van der Waals surface area (Å²) in [7, 11) is 0. The van der Waals surface area contributed by atoms with E-state index in [2.05, 4.69) is 20.8 Å². The second kappa shape index (κ2) is 24.7. The van der Waals surface area contributed by atoms with Crippen LogP contribution >= 0.6 is 0 Å². The number of carboxylic acids is 2. The summed E-state index contributed by atoms with van der Waals surface area (Å²) in [6.45, 7) is 8.16. The van der Waals surface area contributed by atoms with E-state index in [0.717, 1.165) is 19.3 Å². The molecule has 0 aromatic rings. The zero-order valence-electron chi connectivity index (χ0n) is 20.2. The molecular formula is C25H48O4Sn. The van der Waals surface area contributed by atoms with E-state index in [1.54, 1.807) is 8.87 Å². The summed E-state index contributed by atoms with van der Waals surface area (Å²) in [6.07, 6.45) is 18.0. The van der Waals surface area contributed by atoms with Crippen LogP contribution in [0.15, 0.2) is 11.1 Å². The van der Waals surface area contributed by atoms with E-state index < -0.39 is 11.9 Å². The molecule has 0 saturated heterocycles. The van der Waals surface area contributed by atoms with Gasteiger partial charge in [-0.3, -0.25) is 0 Å². The topological polar surface area (TPSA) is 74.6 Å². The van der Waals surface area contributed by atoms with Gasteiger partial charge in [-0.25, -0.2) is 9.59 Å². The molecule has 0 amide bonds.